The van der Waals surface area contributed by atoms with Crippen LogP contribution < -0.4 is 16.0 Å². The average Bonchev–Trinajstić information content (AvgIpc) is 3.06. The number of hydrogen-bond acceptors (Lipinski definition) is 6. The summed E-state index contributed by atoms with van der Waals surface area (Å²) in [6, 6.07) is 10.1. The van der Waals surface area contributed by atoms with Crippen LogP contribution in [0.25, 0.3) is 11.5 Å². The molecule has 3 N–H and O–H groups in total. The number of anilines is 3. The number of halogens is 2. The maximum Gasteiger partial charge on any atom is 0.273 e. The smallest absolute Gasteiger partial charge is 0.273 e. The molecule has 0 aliphatic heterocycles. The number of carbonyl (C=O) groups is 2. The summed E-state index contributed by atoms with van der Waals surface area (Å²) in [5, 5.41) is 2.82. The first-order chi connectivity index (χ1) is 13.4. The van der Waals surface area contributed by atoms with Crippen LogP contribution in [0, 0.1) is 11.6 Å². The molecule has 144 valence electrons. The molecule has 7 nitrogen and oxygen atoms in total. The summed E-state index contributed by atoms with van der Waals surface area (Å²) in [6.45, 7) is 0.234. The van der Waals surface area contributed by atoms with Crippen LogP contribution in [0.15, 0.2) is 46.9 Å². The van der Waals surface area contributed by atoms with E-state index in [1.165, 1.54) is 6.07 Å². The number of aromatic nitrogens is 1. The van der Waals surface area contributed by atoms with E-state index >= 15 is 0 Å². The van der Waals surface area contributed by atoms with Crippen LogP contribution in [0.1, 0.15) is 10.5 Å². The molecule has 1 amide bonds. The van der Waals surface area contributed by atoms with Crippen molar-refractivity contribution in [2.75, 3.05) is 23.8 Å². The van der Waals surface area contributed by atoms with Crippen molar-refractivity contribution < 1.29 is 22.8 Å². The fourth-order valence-electron chi connectivity index (χ4n) is 2.53. The van der Waals surface area contributed by atoms with E-state index in [0.29, 0.717) is 5.69 Å². The third kappa shape index (κ3) is 3.83. The van der Waals surface area contributed by atoms with Gasteiger partial charge < -0.3 is 25.2 Å². The van der Waals surface area contributed by atoms with E-state index in [-0.39, 0.29) is 18.1 Å². The fourth-order valence-corrected chi connectivity index (χ4v) is 2.53. The number of oxazole rings is 1. The molecule has 0 spiro atoms. The summed E-state index contributed by atoms with van der Waals surface area (Å²) in [4.78, 5) is 27.8. The molecule has 0 atom stereocenters. The second kappa shape index (κ2) is 7.87. The van der Waals surface area contributed by atoms with Gasteiger partial charge in [-0.25, -0.2) is 13.8 Å². The normalized spacial score (nSPS) is 10.5. The van der Waals surface area contributed by atoms with Gasteiger partial charge in [0.25, 0.3) is 5.91 Å². The highest BCUT2D eigenvalue weighted by Crippen LogP contribution is 2.31. The van der Waals surface area contributed by atoms with Crippen molar-refractivity contribution in [3.05, 3.63) is 59.8 Å². The van der Waals surface area contributed by atoms with Gasteiger partial charge >= 0.3 is 0 Å². The van der Waals surface area contributed by atoms with Crippen LogP contribution in [0.3, 0.4) is 0 Å². The van der Waals surface area contributed by atoms with Gasteiger partial charge in [0.05, 0.1) is 6.54 Å². The lowest BCUT2D eigenvalue weighted by atomic mass is 10.2. The highest BCUT2D eigenvalue weighted by atomic mass is 19.1. The van der Waals surface area contributed by atoms with E-state index in [9.17, 15) is 18.4 Å². The third-order valence-corrected chi connectivity index (χ3v) is 3.95. The Balaban J connectivity index is 1.93. The minimum absolute atomic E-state index is 0.140. The van der Waals surface area contributed by atoms with Gasteiger partial charge in [-0.3, -0.25) is 4.79 Å². The summed E-state index contributed by atoms with van der Waals surface area (Å²) in [7, 11) is 1.76. The van der Waals surface area contributed by atoms with Gasteiger partial charge in [0.1, 0.15) is 23.5 Å². The maximum atomic E-state index is 14.0. The molecule has 0 saturated carbocycles. The van der Waals surface area contributed by atoms with E-state index in [0.717, 1.165) is 24.1 Å². The predicted octanol–water partition coefficient (Wildman–Crippen LogP) is 3.10. The second-order valence-electron chi connectivity index (χ2n) is 5.88. The summed E-state index contributed by atoms with van der Waals surface area (Å²) in [6.07, 6.45) is 0.781. The standard InChI is InChI=1S/C19H16F2N4O3/c1-25(9-10-26)12-7-5-11(6-8-12)23-19-16(17(22)27)24-18(28-19)15-13(20)3-2-4-14(15)21/h2-8,10,23H,9H2,1H3,(H2,22,27). The van der Waals surface area contributed by atoms with Crippen molar-refractivity contribution in [3.63, 3.8) is 0 Å². The topological polar surface area (TPSA) is 101 Å². The van der Waals surface area contributed by atoms with Crippen molar-refractivity contribution in [1.82, 2.24) is 4.98 Å². The lowest BCUT2D eigenvalue weighted by Gasteiger charge is -2.16. The molecule has 3 aromatic rings. The van der Waals surface area contributed by atoms with Gasteiger partial charge in [-0.2, -0.15) is 0 Å². The minimum Gasteiger partial charge on any atom is -0.419 e. The van der Waals surface area contributed by atoms with Crippen LogP contribution in [0.2, 0.25) is 0 Å². The zero-order valence-electron chi connectivity index (χ0n) is 14.8. The van der Waals surface area contributed by atoms with Gasteiger partial charge in [0.2, 0.25) is 11.8 Å². The number of benzene rings is 2. The molecule has 0 unspecified atom stereocenters. The zero-order valence-corrected chi connectivity index (χ0v) is 14.8. The van der Waals surface area contributed by atoms with Gasteiger partial charge in [-0.15, -0.1) is 0 Å². The molecule has 28 heavy (non-hydrogen) atoms. The first-order valence-electron chi connectivity index (χ1n) is 8.17. The van der Waals surface area contributed by atoms with Crippen LogP contribution in [-0.4, -0.2) is 30.8 Å². The van der Waals surface area contributed by atoms with Crippen LogP contribution in [-0.2, 0) is 4.79 Å². The van der Waals surface area contributed by atoms with Gasteiger partial charge in [-0.05, 0) is 36.4 Å². The Bertz CT molecular complexity index is 998. The highest BCUT2D eigenvalue weighted by Gasteiger charge is 2.23. The number of carbonyl (C=O) groups excluding carboxylic acids is 2. The Morgan fingerprint density at radius 2 is 1.86 bits per heavy atom. The van der Waals surface area contributed by atoms with E-state index in [1.807, 2.05) is 0 Å². The number of primary amides is 1. The van der Waals surface area contributed by atoms with Crippen LogP contribution in [0.4, 0.5) is 26.0 Å². The van der Waals surface area contributed by atoms with E-state index < -0.39 is 29.0 Å². The van der Waals surface area contributed by atoms with Crippen LogP contribution >= 0.6 is 0 Å². The summed E-state index contributed by atoms with van der Waals surface area (Å²) in [5.74, 6) is -3.23. The SMILES string of the molecule is CN(CC=O)c1ccc(Nc2oc(-c3c(F)cccc3F)nc2C(N)=O)cc1. The first-order valence-corrected chi connectivity index (χ1v) is 8.17. The molecule has 9 heteroatoms. The minimum atomic E-state index is -0.920. The molecular weight excluding hydrogens is 370 g/mol. The quantitative estimate of drug-likeness (QED) is 0.605. The lowest BCUT2D eigenvalue weighted by molar-refractivity contribution is -0.106. The van der Waals surface area contributed by atoms with Gasteiger partial charge in [0.15, 0.2) is 5.69 Å². The van der Waals surface area contributed by atoms with Crippen molar-refractivity contribution in [2.24, 2.45) is 5.73 Å². The molecule has 2 aromatic carbocycles. The zero-order chi connectivity index (χ0) is 20.3. The molecule has 3 rings (SSSR count). The molecule has 0 aliphatic rings. The molecule has 0 fully saturated rings. The Hall–Kier alpha value is -3.75. The van der Waals surface area contributed by atoms with Gasteiger partial charge in [0, 0.05) is 18.4 Å². The van der Waals surface area contributed by atoms with Crippen molar-refractivity contribution in [2.45, 2.75) is 0 Å². The summed E-state index contributed by atoms with van der Waals surface area (Å²) < 4.78 is 33.3. The maximum absolute atomic E-state index is 14.0. The number of hydrogen-bond donors (Lipinski definition) is 2. The third-order valence-electron chi connectivity index (χ3n) is 3.95. The summed E-state index contributed by atoms with van der Waals surface area (Å²) in [5.41, 5.74) is 5.82. The molecule has 1 heterocycles. The van der Waals surface area contributed by atoms with Crippen molar-refractivity contribution in [1.29, 1.82) is 0 Å². The van der Waals surface area contributed by atoms with E-state index in [4.69, 9.17) is 10.2 Å². The number of likely N-dealkylation sites (N-methyl/N-ethyl adjacent to an activating group) is 1. The predicted molar refractivity (Wildman–Crippen MR) is 99.4 cm³/mol. The monoisotopic (exact) mass is 386 g/mol. The van der Waals surface area contributed by atoms with Crippen LogP contribution in [0.5, 0.6) is 0 Å². The molecule has 1 aromatic heterocycles. The number of amides is 1. The Kier molecular flexibility index (Phi) is 5.35. The number of rotatable bonds is 7. The first kappa shape index (κ1) is 19.0. The largest absolute Gasteiger partial charge is 0.419 e. The number of aldehydes is 1. The van der Waals surface area contributed by atoms with E-state index in [2.05, 4.69) is 10.3 Å². The molecule has 0 aliphatic carbocycles. The lowest BCUT2D eigenvalue weighted by Crippen LogP contribution is -2.19. The number of nitrogens with zero attached hydrogens (tertiary/aromatic N) is 2. The van der Waals surface area contributed by atoms with Gasteiger partial charge in [-0.1, -0.05) is 6.07 Å². The summed E-state index contributed by atoms with van der Waals surface area (Å²) >= 11 is 0. The fraction of sp³-hybridized carbons (Fsp3) is 0.105. The highest BCUT2D eigenvalue weighted by molar-refractivity contribution is 5.96. The van der Waals surface area contributed by atoms with Crippen molar-refractivity contribution >= 4 is 29.5 Å². The van der Waals surface area contributed by atoms with Crippen molar-refractivity contribution in [3.8, 4) is 11.5 Å². The molecule has 0 bridgehead atoms. The second-order valence-corrected chi connectivity index (χ2v) is 5.88. The van der Waals surface area contributed by atoms with E-state index in [1.54, 1.807) is 36.2 Å². The number of nitrogens with two attached hydrogens (primary N) is 1. The molecule has 0 saturated heterocycles. The average molecular weight is 386 g/mol. The molecular formula is C19H16F2N4O3. The molecule has 0 radical (unpaired) electrons. The Morgan fingerprint density at radius 3 is 2.43 bits per heavy atom. The Morgan fingerprint density at radius 1 is 1.21 bits per heavy atom. The Labute approximate surface area is 158 Å². The number of nitrogens with one attached hydrogen (secondary N) is 1.